The smallest absolute Gasteiger partial charge is 0.146 e. The van der Waals surface area contributed by atoms with Crippen LogP contribution in [0.5, 0.6) is 0 Å². The number of aromatic nitrogens is 1. The Hall–Kier alpha value is -0.900. The minimum absolute atomic E-state index is 0.418. The molecule has 0 radical (unpaired) electrons. The molecule has 0 saturated heterocycles. The fourth-order valence-electron chi connectivity index (χ4n) is 1.10. The lowest BCUT2D eigenvalue weighted by atomic mass is 10.3. The zero-order valence-corrected chi connectivity index (χ0v) is 8.77. The maximum absolute atomic E-state index is 5.68. The molecule has 1 unspecified atom stereocenters. The van der Waals surface area contributed by atoms with E-state index in [2.05, 4.69) is 23.5 Å². The molecule has 0 spiro atoms. The molecule has 0 amide bonds. The second-order valence-corrected chi connectivity index (χ2v) is 3.85. The molecule has 3 nitrogen and oxygen atoms in total. The molecule has 72 valence electrons. The van der Waals surface area contributed by atoms with Gasteiger partial charge < -0.3 is 11.1 Å². The SMILES string of the molecule is CSCC(C)Nc1cccnc1N. The highest BCUT2D eigenvalue weighted by Gasteiger charge is 2.03. The van der Waals surface area contributed by atoms with E-state index in [1.807, 2.05) is 23.9 Å². The van der Waals surface area contributed by atoms with Crippen molar-refractivity contribution >= 4 is 23.3 Å². The van der Waals surface area contributed by atoms with Crippen LogP contribution in [0.25, 0.3) is 0 Å². The second-order valence-electron chi connectivity index (χ2n) is 2.94. The molecular formula is C9H15N3S. The van der Waals surface area contributed by atoms with E-state index < -0.39 is 0 Å². The predicted molar refractivity (Wildman–Crippen MR) is 60.1 cm³/mol. The first-order valence-corrected chi connectivity index (χ1v) is 5.59. The quantitative estimate of drug-likeness (QED) is 0.773. The first-order chi connectivity index (χ1) is 6.24. The van der Waals surface area contributed by atoms with Crippen molar-refractivity contribution in [2.45, 2.75) is 13.0 Å². The number of nitrogens with one attached hydrogen (secondary N) is 1. The fraction of sp³-hybridized carbons (Fsp3) is 0.444. The highest BCUT2D eigenvalue weighted by Crippen LogP contribution is 2.15. The third-order valence-corrected chi connectivity index (χ3v) is 2.49. The molecule has 0 saturated carbocycles. The van der Waals surface area contributed by atoms with Gasteiger partial charge in [-0.3, -0.25) is 0 Å². The Morgan fingerprint density at radius 2 is 2.46 bits per heavy atom. The fourth-order valence-corrected chi connectivity index (χ4v) is 1.68. The second kappa shape index (κ2) is 4.97. The summed E-state index contributed by atoms with van der Waals surface area (Å²) in [5.74, 6) is 1.63. The Bertz CT molecular complexity index is 265. The van der Waals surface area contributed by atoms with Crippen molar-refractivity contribution in [1.29, 1.82) is 0 Å². The van der Waals surface area contributed by atoms with E-state index in [1.165, 1.54) is 0 Å². The van der Waals surface area contributed by atoms with Crippen molar-refractivity contribution in [3.05, 3.63) is 18.3 Å². The third-order valence-electron chi connectivity index (χ3n) is 1.66. The Morgan fingerprint density at radius 3 is 3.08 bits per heavy atom. The van der Waals surface area contributed by atoms with Crippen LogP contribution in [-0.4, -0.2) is 23.0 Å². The summed E-state index contributed by atoms with van der Waals surface area (Å²) in [5.41, 5.74) is 6.61. The summed E-state index contributed by atoms with van der Waals surface area (Å²) in [7, 11) is 0. The van der Waals surface area contributed by atoms with E-state index in [9.17, 15) is 0 Å². The first kappa shape index (κ1) is 10.2. The van der Waals surface area contributed by atoms with Gasteiger partial charge in [-0.15, -0.1) is 0 Å². The number of hydrogen-bond donors (Lipinski definition) is 2. The normalized spacial score (nSPS) is 12.5. The van der Waals surface area contributed by atoms with Gasteiger partial charge in [0.05, 0.1) is 5.69 Å². The zero-order chi connectivity index (χ0) is 9.68. The Morgan fingerprint density at radius 1 is 1.69 bits per heavy atom. The Kier molecular flexibility index (Phi) is 3.89. The van der Waals surface area contributed by atoms with Gasteiger partial charge in [0.25, 0.3) is 0 Å². The van der Waals surface area contributed by atoms with Gasteiger partial charge in [-0.1, -0.05) is 0 Å². The van der Waals surface area contributed by atoms with Crippen LogP contribution in [0.1, 0.15) is 6.92 Å². The average molecular weight is 197 g/mol. The maximum atomic E-state index is 5.68. The van der Waals surface area contributed by atoms with E-state index in [4.69, 9.17) is 5.73 Å². The molecule has 0 aliphatic rings. The number of rotatable bonds is 4. The molecule has 0 aliphatic carbocycles. The zero-order valence-electron chi connectivity index (χ0n) is 7.95. The highest BCUT2D eigenvalue weighted by atomic mass is 32.2. The lowest BCUT2D eigenvalue weighted by Crippen LogP contribution is -2.18. The molecule has 1 aromatic rings. The number of hydrogen-bond acceptors (Lipinski definition) is 4. The van der Waals surface area contributed by atoms with Crippen LogP contribution in [0.2, 0.25) is 0 Å². The molecule has 0 aromatic carbocycles. The highest BCUT2D eigenvalue weighted by molar-refractivity contribution is 7.98. The van der Waals surface area contributed by atoms with E-state index in [0.717, 1.165) is 11.4 Å². The monoisotopic (exact) mass is 197 g/mol. The summed E-state index contributed by atoms with van der Waals surface area (Å²) in [5, 5.41) is 3.30. The lowest BCUT2D eigenvalue weighted by molar-refractivity contribution is 0.913. The molecule has 0 bridgehead atoms. The summed E-state index contributed by atoms with van der Waals surface area (Å²) >= 11 is 1.81. The van der Waals surface area contributed by atoms with Crippen molar-refractivity contribution in [2.75, 3.05) is 23.1 Å². The minimum Gasteiger partial charge on any atom is -0.382 e. The van der Waals surface area contributed by atoms with Gasteiger partial charge in [-0.2, -0.15) is 11.8 Å². The van der Waals surface area contributed by atoms with Gasteiger partial charge in [0.2, 0.25) is 0 Å². The topological polar surface area (TPSA) is 50.9 Å². The molecular weight excluding hydrogens is 182 g/mol. The number of anilines is 2. The number of nitrogens with two attached hydrogens (primary N) is 1. The molecule has 1 atom stereocenters. The van der Waals surface area contributed by atoms with Crippen LogP contribution in [-0.2, 0) is 0 Å². The number of nitrogens with zero attached hydrogens (tertiary/aromatic N) is 1. The van der Waals surface area contributed by atoms with Crippen LogP contribution in [0.15, 0.2) is 18.3 Å². The van der Waals surface area contributed by atoms with Crippen LogP contribution < -0.4 is 11.1 Å². The van der Waals surface area contributed by atoms with Crippen molar-refractivity contribution in [3.8, 4) is 0 Å². The molecule has 0 aliphatic heterocycles. The van der Waals surface area contributed by atoms with Gasteiger partial charge in [0.15, 0.2) is 0 Å². The Balaban J connectivity index is 2.58. The standard InChI is InChI=1S/C9H15N3S/c1-7(6-13-2)12-8-4-3-5-11-9(8)10/h3-5,7,12H,6H2,1-2H3,(H2,10,11). The molecule has 3 N–H and O–H groups in total. The van der Waals surface area contributed by atoms with Crippen molar-refractivity contribution in [2.24, 2.45) is 0 Å². The predicted octanol–water partition coefficient (Wildman–Crippen LogP) is 1.83. The van der Waals surface area contributed by atoms with Gasteiger partial charge in [-0.25, -0.2) is 4.98 Å². The summed E-state index contributed by atoms with van der Waals surface area (Å²) in [6.45, 7) is 2.13. The van der Waals surface area contributed by atoms with Gasteiger partial charge in [0.1, 0.15) is 5.82 Å². The molecule has 1 heterocycles. The largest absolute Gasteiger partial charge is 0.382 e. The maximum Gasteiger partial charge on any atom is 0.146 e. The molecule has 1 aromatic heterocycles. The molecule has 13 heavy (non-hydrogen) atoms. The third kappa shape index (κ3) is 3.14. The van der Waals surface area contributed by atoms with Crippen molar-refractivity contribution < 1.29 is 0 Å². The summed E-state index contributed by atoms with van der Waals surface area (Å²) in [6, 6.07) is 4.24. The number of pyridine rings is 1. The van der Waals surface area contributed by atoms with Gasteiger partial charge in [-0.05, 0) is 25.3 Å². The van der Waals surface area contributed by atoms with Crippen molar-refractivity contribution in [3.63, 3.8) is 0 Å². The Labute approximate surface area is 83.1 Å². The molecule has 4 heteroatoms. The van der Waals surface area contributed by atoms with Crippen LogP contribution in [0.3, 0.4) is 0 Å². The number of nitrogen functional groups attached to an aromatic ring is 1. The summed E-state index contributed by atoms with van der Waals surface area (Å²) in [4.78, 5) is 4.00. The van der Waals surface area contributed by atoms with E-state index >= 15 is 0 Å². The van der Waals surface area contributed by atoms with Gasteiger partial charge in [0, 0.05) is 18.0 Å². The van der Waals surface area contributed by atoms with Crippen LogP contribution in [0.4, 0.5) is 11.5 Å². The van der Waals surface area contributed by atoms with E-state index in [1.54, 1.807) is 6.20 Å². The van der Waals surface area contributed by atoms with Crippen molar-refractivity contribution in [1.82, 2.24) is 4.98 Å². The first-order valence-electron chi connectivity index (χ1n) is 4.20. The molecule has 0 fully saturated rings. The summed E-state index contributed by atoms with van der Waals surface area (Å²) in [6.07, 6.45) is 3.78. The van der Waals surface area contributed by atoms with E-state index in [-0.39, 0.29) is 0 Å². The minimum atomic E-state index is 0.418. The van der Waals surface area contributed by atoms with Gasteiger partial charge >= 0.3 is 0 Å². The number of thioether (sulfide) groups is 1. The van der Waals surface area contributed by atoms with Crippen LogP contribution in [0, 0.1) is 0 Å². The average Bonchev–Trinajstić information content (AvgIpc) is 2.09. The lowest BCUT2D eigenvalue weighted by Gasteiger charge is -2.14. The molecule has 1 rings (SSSR count). The summed E-state index contributed by atoms with van der Waals surface area (Å²) < 4.78 is 0. The van der Waals surface area contributed by atoms with Crippen LogP contribution >= 0.6 is 11.8 Å². The van der Waals surface area contributed by atoms with E-state index in [0.29, 0.717) is 11.9 Å².